The molecule has 0 fully saturated rings. The van der Waals surface area contributed by atoms with Crippen molar-refractivity contribution in [1.29, 1.82) is 0 Å². The Morgan fingerprint density at radius 3 is 0.706 bits per heavy atom. The molecule has 308 valence electrons. The zero-order valence-electron chi connectivity index (χ0n) is 35.7. The standard InChI is InChI=1S/2C18H38N.C10H21O.ClH.Ti/c2*1-2-3-4-5-6-7-8-9-10-11-12-13-14-15-16-17-18-19;1-2-3-4-5-6-7-8-9-10-11;;/h2*19H,2-18H2,1H3;2-10H2,1H3;1H;/q3*-1;;+4/p-1. The molecule has 0 aliphatic rings. The smallest absolute Gasteiger partial charge is 1.00 e. The summed E-state index contributed by atoms with van der Waals surface area (Å²) >= 11 is -1.80. The van der Waals surface area contributed by atoms with Crippen LogP contribution in [0.15, 0.2) is 0 Å². The zero-order valence-corrected chi connectivity index (χ0v) is 38.0. The molecule has 0 saturated carbocycles. The third kappa shape index (κ3) is 48.9. The molecule has 5 heteroatoms. The molecule has 2 N–H and O–H groups in total. The summed E-state index contributed by atoms with van der Waals surface area (Å²) in [5.41, 5.74) is 0. The minimum atomic E-state index is -1.80. The molecule has 0 unspecified atom stereocenters. The second kappa shape index (κ2) is 50.9. The van der Waals surface area contributed by atoms with Gasteiger partial charge >= 0.3 is 236 Å². The van der Waals surface area contributed by atoms with Gasteiger partial charge in [-0.25, -0.2) is 0 Å². The maximum absolute atomic E-state index is 6.49. The molecule has 0 aromatic carbocycles. The monoisotopic (exact) mass is 777 g/mol. The minimum absolute atomic E-state index is 0. The molecule has 0 radical (unpaired) electrons. The van der Waals surface area contributed by atoms with Crippen molar-refractivity contribution in [3.63, 3.8) is 0 Å². The molecule has 51 heavy (non-hydrogen) atoms. The number of hydrogen-bond donors (Lipinski definition) is 2. The number of rotatable bonds is 46. The number of nitrogens with one attached hydrogen (secondary N) is 2. The first kappa shape index (κ1) is 54.0. The van der Waals surface area contributed by atoms with Gasteiger partial charge in [0.05, 0.1) is 0 Å². The van der Waals surface area contributed by atoms with Gasteiger partial charge in [0.2, 0.25) is 0 Å². The van der Waals surface area contributed by atoms with Crippen LogP contribution in [0.3, 0.4) is 0 Å². The summed E-state index contributed by atoms with van der Waals surface area (Å²) in [5.74, 6) is 0. The van der Waals surface area contributed by atoms with Crippen LogP contribution in [0.2, 0.25) is 0 Å². The largest absolute Gasteiger partial charge is 1.00 e. The second-order valence-electron chi connectivity index (χ2n) is 16.1. The summed E-state index contributed by atoms with van der Waals surface area (Å²) in [6.45, 7) is 10.2. The number of halogens is 1. The predicted molar refractivity (Wildman–Crippen MR) is 224 cm³/mol. The van der Waals surface area contributed by atoms with Crippen molar-refractivity contribution < 1.29 is 34.5 Å². The summed E-state index contributed by atoms with van der Waals surface area (Å²) < 4.78 is 14.3. The van der Waals surface area contributed by atoms with Crippen molar-refractivity contribution in [3.8, 4) is 0 Å². The van der Waals surface area contributed by atoms with E-state index in [-0.39, 0.29) is 12.4 Å². The van der Waals surface area contributed by atoms with Gasteiger partial charge in [0, 0.05) is 0 Å². The summed E-state index contributed by atoms with van der Waals surface area (Å²) in [6.07, 6.45) is 57.0. The fourth-order valence-corrected chi connectivity index (χ4v) is 9.64. The van der Waals surface area contributed by atoms with E-state index < -0.39 is 18.8 Å². The maximum Gasteiger partial charge on any atom is -1.00 e. The van der Waals surface area contributed by atoms with Crippen LogP contribution in [0.1, 0.15) is 278 Å². The van der Waals surface area contributed by atoms with E-state index in [1.54, 1.807) is 0 Å². The Morgan fingerprint density at radius 2 is 0.471 bits per heavy atom. The Kier molecular flexibility index (Phi) is 53.9. The third-order valence-electron chi connectivity index (χ3n) is 10.9. The molecule has 0 aromatic rings. The molecule has 0 spiro atoms. The Balaban J connectivity index is 0. The van der Waals surface area contributed by atoms with Crippen LogP contribution in [0.4, 0.5) is 0 Å². The molecule has 0 bridgehead atoms. The molecule has 0 atom stereocenters. The molecule has 0 aromatic heterocycles. The molecule has 0 saturated heterocycles. The van der Waals surface area contributed by atoms with Gasteiger partial charge in [0.1, 0.15) is 0 Å². The summed E-state index contributed by atoms with van der Waals surface area (Å²) in [6, 6.07) is 0. The Morgan fingerprint density at radius 1 is 0.275 bits per heavy atom. The molecular weight excluding hydrogens is 680 g/mol. The van der Waals surface area contributed by atoms with Gasteiger partial charge in [-0.05, 0) is 0 Å². The van der Waals surface area contributed by atoms with Crippen LogP contribution >= 0.6 is 0 Å². The van der Waals surface area contributed by atoms with E-state index in [1.807, 2.05) is 0 Å². The SMILES string of the molecule is CCCCCCCCCCCCCCCCCC[NH][Ti+]([NH]CCCCCCCCCCCCCCCCCC)[O]CCCCCCCCCC.[Cl-]. The molecule has 0 heterocycles. The quantitative estimate of drug-likeness (QED) is 0.0477. The normalized spacial score (nSPS) is 11.4. The second-order valence-corrected chi connectivity index (χ2v) is 18.7. The van der Waals surface area contributed by atoms with Crippen molar-refractivity contribution in [2.24, 2.45) is 0 Å². The van der Waals surface area contributed by atoms with E-state index in [1.165, 1.54) is 257 Å². The number of hydrogen-bond acceptors (Lipinski definition) is 3. The Hall–Kier alpha value is 0.884. The van der Waals surface area contributed by atoms with E-state index in [4.69, 9.17) is 3.32 Å². The van der Waals surface area contributed by atoms with Crippen molar-refractivity contribution in [2.45, 2.75) is 278 Å². The van der Waals surface area contributed by atoms with Crippen molar-refractivity contribution >= 4 is 0 Å². The average molecular weight is 778 g/mol. The number of unbranched alkanes of at least 4 members (excludes halogenated alkanes) is 37. The van der Waals surface area contributed by atoms with Crippen LogP contribution in [0, 0.1) is 0 Å². The maximum atomic E-state index is 6.49. The molecular formula is C46H97ClN2OTi. The van der Waals surface area contributed by atoms with Crippen LogP contribution in [-0.4, -0.2) is 19.7 Å². The first-order valence-electron chi connectivity index (χ1n) is 23.8. The van der Waals surface area contributed by atoms with Gasteiger partial charge < -0.3 is 12.4 Å². The molecule has 0 aliphatic heterocycles. The Bertz CT molecular complexity index is 545. The van der Waals surface area contributed by atoms with Crippen molar-refractivity contribution in [3.05, 3.63) is 0 Å². The predicted octanol–water partition coefficient (Wildman–Crippen LogP) is 13.2. The Labute approximate surface area is 337 Å². The van der Waals surface area contributed by atoms with Crippen LogP contribution in [-0.2, 0) is 22.1 Å². The van der Waals surface area contributed by atoms with Gasteiger partial charge in [-0.1, -0.05) is 90.9 Å². The van der Waals surface area contributed by atoms with E-state index in [2.05, 4.69) is 28.4 Å². The first-order chi connectivity index (χ1) is 24.8. The van der Waals surface area contributed by atoms with Gasteiger partial charge in [-0.2, -0.15) is 0 Å². The summed E-state index contributed by atoms with van der Waals surface area (Å²) in [7, 11) is 0. The summed E-state index contributed by atoms with van der Waals surface area (Å²) in [4.78, 5) is 0. The average Bonchev–Trinajstić information content (AvgIpc) is 3.13. The van der Waals surface area contributed by atoms with Crippen molar-refractivity contribution in [1.82, 2.24) is 7.60 Å². The van der Waals surface area contributed by atoms with Gasteiger partial charge in [-0.3, -0.25) is 0 Å². The minimum Gasteiger partial charge on any atom is -1.00 e. The zero-order chi connectivity index (χ0) is 36.1. The van der Waals surface area contributed by atoms with E-state index in [9.17, 15) is 0 Å². The topological polar surface area (TPSA) is 33.3 Å². The fraction of sp³-hybridized carbons (Fsp3) is 1.00. The molecule has 0 rings (SSSR count). The van der Waals surface area contributed by atoms with Crippen LogP contribution in [0.25, 0.3) is 0 Å². The van der Waals surface area contributed by atoms with E-state index >= 15 is 0 Å². The molecule has 0 amide bonds. The van der Waals surface area contributed by atoms with E-state index in [0.717, 1.165) is 19.7 Å². The molecule has 0 aliphatic carbocycles. The van der Waals surface area contributed by atoms with Crippen molar-refractivity contribution in [2.75, 3.05) is 19.7 Å². The molecule has 3 nitrogen and oxygen atoms in total. The van der Waals surface area contributed by atoms with Crippen LogP contribution in [0.5, 0.6) is 0 Å². The van der Waals surface area contributed by atoms with Gasteiger partial charge in [0.25, 0.3) is 0 Å². The van der Waals surface area contributed by atoms with E-state index in [0.29, 0.717) is 0 Å². The van der Waals surface area contributed by atoms with Gasteiger partial charge in [-0.15, -0.1) is 0 Å². The first-order valence-corrected chi connectivity index (χ1v) is 26.0. The summed E-state index contributed by atoms with van der Waals surface area (Å²) in [5, 5.41) is 0. The fourth-order valence-electron chi connectivity index (χ4n) is 7.32. The van der Waals surface area contributed by atoms with Gasteiger partial charge in [0.15, 0.2) is 0 Å². The third-order valence-corrected chi connectivity index (χ3v) is 13.4. The van der Waals surface area contributed by atoms with Crippen LogP contribution < -0.4 is 20.0 Å².